The molecule has 0 bridgehead atoms. The van der Waals surface area contributed by atoms with E-state index in [-0.39, 0.29) is 18.1 Å². The van der Waals surface area contributed by atoms with E-state index in [1.807, 2.05) is 20.8 Å². The van der Waals surface area contributed by atoms with Gasteiger partial charge in [0, 0.05) is 30.0 Å². The van der Waals surface area contributed by atoms with Crippen molar-refractivity contribution in [3.05, 3.63) is 23.3 Å². The predicted molar refractivity (Wildman–Crippen MR) is 75.9 cm³/mol. The molecule has 104 valence electrons. The average molecular weight is 263 g/mol. The third kappa shape index (κ3) is 2.81. The largest absolute Gasteiger partial charge is 0.398 e. The molecule has 0 aliphatic carbocycles. The summed E-state index contributed by atoms with van der Waals surface area (Å²) in [7, 11) is 0. The number of amides is 1. The second kappa shape index (κ2) is 5.09. The number of rotatable bonds is 1. The zero-order chi connectivity index (χ0) is 14.2. The van der Waals surface area contributed by atoms with Crippen LogP contribution < -0.4 is 11.5 Å². The van der Waals surface area contributed by atoms with Gasteiger partial charge in [-0.1, -0.05) is 0 Å². The quantitative estimate of drug-likeness (QED) is 0.751. The first-order valence-corrected chi connectivity index (χ1v) is 6.48. The molecule has 1 heterocycles. The highest BCUT2D eigenvalue weighted by atomic mass is 16.5. The molecule has 4 N–H and O–H groups in total. The zero-order valence-electron chi connectivity index (χ0n) is 11.6. The van der Waals surface area contributed by atoms with Crippen LogP contribution in [0.5, 0.6) is 0 Å². The lowest BCUT2D eigenvalue weighted by molar-refractivity contribution is -0.0586. The first-order chi connectivity index (χ1) is 8.88. The number of hydrogen-bond donors (Lipinski definition) is 2. The number of carbonyl (C=O) groups excluding carboxylic acids is 1. The van der Waals surface area contributed by atoms with E-state index in [4.69, 9.17) is 16.2 Å². The molecular formula is C14H21N3O2. The summed E-state index contributed by atoms with van der Waals surface area (Å²) >= 11 is 0. The molecule has 0 unspecified atom stereocenters. The van der Waals surface area contributed by atoms with E-state index >= 15 is 0 Å². The van der Waals surface area contributed by atoms with Gasteiger partial charge in [0.1, 0.15) is 0 Å². The summed E-state index contributed by atoms with van der Waals surface area (Å²) in [5, 5.41) is 0. The van der Waals surface area contributed by atoms with Crippen molar-refractivity contribution in [2.45, 2.75) is 33.0 Å². The van der Waals surface area contributed by atoms with E-state index in [2.05, 4.69) is 0 Å². The molecule has 0 radical (unpaired) electrons. The molecule has 19 heavy (non-hydrogen) atoms. The molecule has 2 rings (SSSR count). The summed E-state index contributed by atoms with van der Waals surface area (Å²) in [6.45, 7) is 6.97. The average Bonchev–Trinajstić information content (AvgIpc) is 2.33. The summed E-state index contributed by atoms with van der Waals surface area (Å²) < 4.78 is 5.63. The van der Waals surface area contributed by atoms with Crippen LogP contribution >= 0.6 is 0 Å². The van der Waals surface area contributed by atoms with E-state index in [1.165, 1.54) is 0 Å². The van der Waals surface area contributed by atoms with E-state index in [0.717, 1.165) is 5.56 Å². The van der Waals surface area contributed by atoms with Gasteiger partial charge in [-0.25, -0.2) is 0 Å². The number of benzene rings is 1. The maximum absolute atomic E-state index is 12.5. The van der Waals surface area contributed by atoms with Crippen LogP contribution in [0.2, 0.25) is 0 Å². The van der Waals surface area contributed by atoms with Crippen molar-refractivity contribution in [3.63, 3.8) is 0 Å². The first-order valence-electron chi connectivity index (χ1n) is 6.48. The Hall–Kier alpha value is -1.75. The van der Waals surface area contributed by atoms with Gasteiger partial charge in [0.2, 0.25) is 0 Å². The number of anilines is 2. The van der Waals surface area contributed by atoms with Crippen LogP contribution in [-0.2, 0) is 4.74 Å². The summed E-state index contributed by atoms with van der Waals surface area (Å²) in [6.07, 6.45) is 0.0979. The predicted octanol–water partition coefficient (Wildman–Crippen LogP) is 1.41. The van der Waals surface area contributed by atoms with Crippen molar-refractivity contribution in [2.24, 2.45) is 0 Å². The Morgan fingerprint density at radius 3 is 2.16 bits per heavy atom. The summed E-state index contributed by atoms with van der Waals surface area (Å²) in [5.41, 5.74) is 14.2. The smallest absolute Gasteiger partial charge is 0.254 e. The number of morpholine rings is 1. The molecule has 1 amide bonds. The van der Waals surface area contributed by atoms with Crippen LogP contribution in [0, 0.1) is 6.92 Å². The van der Waals surface area contributed by atoms with Crippen molar-refractivity contribution in [1.82, 2.24) is 4.90 Å². The molecule has 1 aromatic carbocycles. The van der Waals surface area contributed by atoms with Crippen molar-refractivity contribution < 1.29 is 9.53 Å². The van der Waals surface area contributed by atoms with Gasteiger partial charge in [-0.2, -0.15) is 0 Å². The highest BCUT2D eigenvalue weighted by Gasteiger charge is 2.27. The van der Waals surface area contributed by atoms with Crippen LogP contribution in [0.15, 0.2) is 12.1 Å². The second-order valence-electron chi connectivity index (χ2n) is 5.25. The van der Waals surface area contributed by atoms with Gasteiger partial charge in [-0.3, -0.25) is 4.79 Å². The fraction of sp³-hybridized carbons (Fsp3) is 0.500. The van der Waals surface area contributed by atoms with Gasteiger partial charge in [-0.15, -0.1) is 0 Å². The summed E-state index contributed by atoms with van der Waals surface area (Å²) in [6, 6.07) is 3.39. The third-order valence-corrected chi connectivity index (χ3v) is 3.44. The minimum Gasteiger partial charge on any atom is -0.398 e. The summed E-state index contributed by atoms with van der Waals surface area (Å²) in [5.74, 6) is -0.0413. The monoisotopic (exact) mass is 263 g/mol. The topological polar surface area (TPSA) is 81.6 Å². The molecule has 0 spiro atoms. The number of nitrogens with zero attached hydrogens (tertiary/aromatic N) is 1. The summed E-state index contributed by atoms with van der Waals surface area (Å²) in [4.78, 5) is 14.3. The maximum atomic E-state index is 12.5. The van der Waals surface area contributed by atoms with Crippen molar-refractivity contribution >= 4 is 17.3 Å². The van der Waals surface area contributed by atoms with Crippen LogP contribution in [-0.4, -0.2) is 36.1 Å². The highest BCUT2D eigenvalue weighted by Crippen LogP contribution is 2.23. The first kappa shape index (κ1) is 13.7. The number of hydrogen-bond acceptors (Lipinski definition) is 4. The molecular weight excluding hydrogens is 242 g/mol. The van der Waals surface area contributed by atoms with Gasteiger partial charge >= 0.3 is 0 Å². The van der Waals surface area contributed by atoms with Crippen LogP contribution in [0.25, 0.3) is 0 Å². The van der Waals surface area contributed by atoms with Crippen LogP contribution in [0.1, 0.15) is 29.8 Å². The molecule has 0 saturated carbocycles. The Morgan fingerprint density at radius 1 is 1.21 bits per heavy atom. The molecule has 1 fully saturated rings. The van der Waals surface area contributed by atoms with Gasteiger partial charge in [-0.05, 0) is 38.5 Å². The van der Waals surface area contributed by atoms with E-state index in [1.54, 1.807) is 17.0 Å². The molecule has 0 aromatic heterocycles. The lowest BCUT2D eigenvalue weighted by Gasteiger charge is -2.35. The number of nitrogen functional groups attached to an aromatic ring is 2. The molecule has 2 atom stereocenters. The Balaban J connectivity index is 2.24. The van der Waals surface area contributed by atoms with E-state index < -0.39 is 0 Å². The van der Waals surface area contributed by atoms with Crippen molar-refractivity contribution in [1.29, 1.82) is 0 Å². The maximum Gasteiger partial charge on any atom is 0.254 e. The molecule has 5 heteroatoms. The second-order valence-corrected chi connectivity index (χ2v) is 5.25. The Morgan fingerprint density at radius 2 is 1.68 bits per heavy atom. The SMILES string of the molecule is Cc1c(N)cc(C(=O)N2C[C@H](C)O[C@@H](C)C2)cc1N. The number of carbonyl (C=O) groups is 1. The van der Waals surface area contributed by atoms with Crippen LogP contribution in [0.3, 0.4) is 0 Å². The van der Waals surface area contributed by atoms with E-state index in [9.17, 15) is 4.79 Å². The molecule has 1 aromatic rings. The fourth-order valence-electron chi connectivity index (χ4n) is 2.41. The van der Waals surface area contributed by atoms with Crippen molar-refractivity contribution in [2.75, 3.05) is 24.6 Å². The minimum atomic E-state index is -0.0413. The number of nitrogens with two attached hydrogens (primary N) is 2. The third-order valence-electron chi connectivity index (χ3n) is 3.44. The number of ether oxygens (including phenoxy) is 1. The van der Waals surface area contributed by atoms with E-state index in [0.29, 0.717) is 30.0 Å². The van der Waals surface area contributed by atoms with Crippen LogP contribution in [0.4, 0.5) is 11.4 Å². The Kier molecular flexibility index (Phi) is 3.66. The Labute approximate surface area is 113 Å². The molecule has 1 aliphatic heterocycles. The fourth-order valence-corrected chi connectivity index (χ4v) is 2.41. The lowest BCUT2D eigenvalue weighted by Crippen LogP contribution is -2.48. The minimum absolute atomic E-state index is 0.0413. The molecule has 5 nitrogen and oxygen atoms in total. The normalized spacial score (nSPS) is 23.4. The molecule has 1 saturated heterocycles. The zero-order valence-corrected chi connectivity index (χ0v) is 11.6. The molecule has 1 aliphatic rings. The lowest BCUT2D eigenvalue weighted by atomic mass is 10.1. The van der Waals surface area contributed by atoms with Crippen molar-refractivity contribution in [3.8, 4) is 0 Å². The van der Waals surface area contributed by atoms with Gasteiger partial charge < -0.3 is 21.1 Å². The van der Waals surface area contributed by atoms with Gasteiger partial charge in [0.25, 0.3) is 5.91 Å². The van der Waals surface area contributed by atoms with Gasteiger partial charge in [0.15, 0.2) is 0 Å². The standard InChI is InChI=1S/C14H21N3O2/c1-8-6-17(7-9(2)19-8)14(18)11-4-12(15)10(3)13(16)5-11/h4-5,8-9H,6-7,15-16H2,1-3H3/t8-,9-/m0/s1. The Bertz CT molecular complexity index is 468. The highest BCUT2D eigenvalue weighted by molar-refractivity contribution is 5.96. The van der Waals surface area contributed by atoms with Gasteiger partial charge in [0.05, 0.1) is 12.2 Å².